The second kappa shape index (κ2) is 11.4. The normalized spacial score (nSPS) is 11.1. The number of methoxy groups -OCH3 is 1. The number of rotatable bonds is 9. The Kier molecular flexibility index (Phi) is 8.05. The highest BCUT2D eigenvalue weighted by molar-refractivity contribution is 8.01. The Bertz CT molecular complexity index is 1310. The number of ether oxygens (including phenoxy) is 2. The first-order chi connectivity index (χ1) is 16.5. The molecular weight excluding hydrogens is 490 g/mol. The van der Waals surface area contributed by atoms with Crippen LogP contribution in [0.25, 0.3) is 10.2 Å². The molecule has 9 heteroatoms. The van der Waals surface area contributed by atoms with Gasteiger partial charge in [0, 0.05) is 0 Å². The third kappa shape index (κ3) is 6.08. The standard InChI is InChI=1S/C25H22ClN3O3S2/c1-16-7-3-4-8-18(16)14-32-24-19(26)11-17(12-21(24)31-2)13-27-29-23(30)15-33-25-28-20-9-5-6-10-22(20)34-25/h3-13H,14-15H2,1-2H3,(H,29,30). The summed E-state index contributed by atoms with van der Waals surface area (Å²) in [6, 6.07) is 19.3. The molecular formula is C25H22ClN3O3S2. The van der Waals surface area contributed by atoms with Crippen molar-refractivity contribution in [3.05, 3.63) is 82.4 Å². The lowest BCUT2D eigenvalue weighted by molar-refractivity contribution is -0.118. The zero-order valence-electron chi connectivity index (χ0n) is 18.6. The molecule has 4 rings (SSSR count). The molecule has 0 bridgehead atoms. The molecule has 1 N–H and O–H groups in total. The Morgan fingerprint density at radius 1 is 1.21 bits per heavy atom. The SMILES string of the molecule is COc1cc(C=NNC(=O)CSc2nc3ccccc3s2)cc(Cl)c1OCc1ccccc1C. The van der Waals surface area contributed by atoms with Gasteiger partial charge in [-0.2, -0.15) is 5.10 Å². The van der Waals surface area contributed by atoms with Crippen molar-refractivity contribution in [3.63, 3.8) is 0 Å². The molecule has 0 saturated carbocycles. The van der Waals surface area contributed by atoms with Crippen LogP contribution in [0.2, 0.25) is 5.02 Å². The van der Waals surface area contributed by atoms with Crippen LogP contribution < -0.4 is 14.9 Å². The average Bonchev–Trinajstić information content (AvgIpc) is 3.26. The number of para-hydroxylation sites is 1. The fourth-order valence-corrected chi connectivity index (χ4v) is 5.26. The van der Waals surface area contributed by atoms with E-state index in [1.165, 1.54) is 18.0 Å². The highest BCUT2D eigenvalue weighted by atomic mass is 35.5. The summed E-state index contributed by atoms with van der Waals surface area (Å²) < 4.78 is 13.3. The Morgan fingerprint density at radius 3 is 2.79 bits per heavy atom. The highest BCUT2D eigenvalue weighted by Gasteiger charge is 2.13. The molecule has 0 saturated heterocycles. The van der Waals surface area contributed by atoms with Gasteiger partial charge >= 0.3 is 0 Å². The maximum absolute atomic E-state index is 12.2. The van der Waals surface area contributed by atoms with Crippen molar-refractivity contribution >= 4 is 57.0 Å². The van der Waals surface area contributed by atoms with Gasteiger partial charge in [0.25, 0.3) is 5.91 Å². The predicted octanol–water partition coefficient (Wildman–Crippen LogP) is 6.09. The lowest BCUT2D eigenvalue weighted by Gasteiger charge is -2.14. The predicted molar refractivity (Wildman–Crippen MR) is 140 cm³/mol. The number of halogens is 1. The summed E-state index contributed by atoms with van der Waals surface area (Å²) in [5, 5.41) is 4.43. The molecule has 0 aliphatic carbocycles. The molecule has 1 amide bonds. The number of nitrogens with zero attached hydrogens (tertiary/aromatic N) is 2. The first kappa shape index (κ1) is 24.1. The van der Waals surface area contributed by atoms with Crippen molar-refractivity contribution in [1.82, 2.24) is 10.4 Å². The van der Waals surface area contributed by atoms with Gasteiger partial charge in [0.2, 0.25) is 0 Å². The largest absolute Gasteiger partial charge is 0.493 e. The summed E-state index contributed by atoms with van der Waals surface area (Å²) in [6.07, 6.45) is 1.51. The van der Waals surface area contributed by atoms with Gasteiger partial charge in [-0.15, -0.1) is 11.3 Å². The molecule has 1 heterocycles. The topological polar surface area (TPSA) is 72.8 Å². The quantitative estimate of drug-likeness (QED) is 0.167. The van der Waals surface area contributed by atoms with Crippen molar-refractivity contribution in [2.45, 2.75) is 17.9 Å². The van der Waals surface area contributed by atoms with Gasteiger partial charge in [0.1, 0.15) is 6.61 Å². The maximum Gasteiger partial charge on any atom is 0.250 e. The number of carbonyl (C=O) groups excluding carboxylic acids is 1. The first-order valence-corrected chi connectivity index (χ1v) is 12.6. The maximum atomic E-state index is 12.2. The first-order valence-electron chi connectivity index (χ1n) is 10.4. The molecule has 0 aliphatic heterocycles. The van der Waals surface area contributed by atoms with Crippen molar-refractivity contribution in [3.8, 4) is 11.5 Å². The Hall–Kier alpha value is -3.07. The van der Waals surface area contributed by atoms with Gasteiger partial charge in [0.15, 0.2) is 15.8 Å². The van der Waals surface area contributed by atoms with Crippen LogP contribution in [0.1, 0.15) is 16.7 Å². The van der Waals surface area contributed by atoms with E-state index in [0.717, 1.165) is 25.7 Å². The molecule has 34 heavy (non-hydrogen) atoms. The molecule has 1 aromatic heterocycles. The molecule has 0 fully saturated rings. The van der Waals surface area contributed by atoms with E-state index in [2.05, 4.69) is 15.5 Å². The Morgan fingerprint density at radius 2 is 2.00 bits per heavy atom. The minimum absolute atomic E-state index is 0.215. The van der Waals surface area contributed by atoms with Crippen molar-refractivity contribution in [2.75, 3.05) is 12.9 Å². The van der Waals surface area contributed by atoms with Crippen LogP contribution in [-0.2, 0) is 11.4 Å². The van der Waals surface area contributed by atoms with Crippen LogP contribution in [0, 0.1) is 6.92 Å². The minimum Gasteiger partial charge on any atom is -0.493 e. The number of aryl methyl sites for hydroxylation is 1. The van der Waals surface area contributed by atoms with E-state index < -0.39 is 0 Å². The van der Waals surface area contributed by atoms with Gasteiger partial charge in [-0.3, -0.25) is 4.79 Å². The minimum atomic E-state index is -0.225. The van der Waals surface area contributed by atoms with E-state index in [1.54, 1.807) is 30.6 Å². The van der Waals surface area contributed by atoms with E-state index in [-0.39, 0.29) is 11.7 Å². The molecule has 0 radical (unpaired) electrons. The fourth-order valence-electron chi connectivity index (χ4n) is 3.13. The summed E-state index contributed by atoms with van der Waals surface area (Å²) in [5.41, 5.74) is 6.34. The molecule has 0 spiro atoms. The number of aromatic nitrogens is 1. The van der Waals surface area contributed by atoms with Gasteiger partial charge < -0.3 is 9.47 Å². The zero-order chi connectivity index (χ0) is 23.9. The van der Waals surface area contributed by atoms with Crippen LogP contribution in [-0.4, -0.2) is 30.0 Å². The number of thioether (sulfide) groups is 1. The monoisotopic (exact) mass is 511 g/mol. The summed E-state index contributed by atoms with van der Waals surface area (Å²) >= 11 is 9.39. The lowest BCUT2D eigenvalue weighted by Crippen LogP contribution is -2.19. The third-order valence-electron chi connectivity index (χ3n) is 4.89. The summed E-state index contributed by atoms with van der Waals surface area (Å²) in [6.45, 7) is 2.40. The second-order valence-electron chi connectivity index (χ2n) is 7.28. The molecule has 4 aromatic rings. The molecule has 0 aliphatic rings. The summed E-state index contributed by atoms with van der Waals surface area (Å²) in [4.78, 5) is 16.7. The number of thiazole rings is 1. The number of hydrogen-bond donors (Lipinski definition) is 1. The summed E-state index contributed by atoms with van der Waals surface area (Å²) in [7, 11) is 1.55. The second-order valence-corrected chi connectivity index (χ2v) is 9.94. The fraction of sp³-hybridized carbons (Fsp3) is 0.160. The Labute approximate surface area is 211 Å². The van der Waals surface area contributed by atoms with Gasteiger partial charge in [0.05, 0.1) is 34.3 Å². The number of carbonyl (C=O) groups is 1. The van der Waals surface area contributed by atoms with Crippen LogP contribution in [0.5, 0.6) is 11.5 Å². The number of benzene rings is 3. The zero-order valence-corrected chi connectivity index (χ0v) is 21.0. The third-order valence-corrected chi connectivity index (χ3v) is 7.35. The van der Waals surface area contributed by atoms with Crippen LogP contribution >= 0.6 is 34.7 Å². The van der Waals surface area contributed by atoms with Gasteiger partial charge in [-0.1, -0.05) is 59.8 Å². The number of hydrazone groups is 1. The number of fused-ring (bicyclic) bond motifs is 1. The van der Waals surface area contributed by atoms with Crippen LogP contribution in [0.3, 0.4) is 0 Å². The average molecular weight is 512 g/mol. The smallest absolute Gasteiger partial charge is 0.250 e. The number of nitrogens with one attached hydrogen (secondary N) is 1. The number of amides is 1. The van der Waals surface area contributed by atoms with Gasteiger partial charge in [-0.05, 0) is 47.9 Å². The highest BCUT2D eigenvalue weighted by Crippen LogP contribution is 2.36. The molecule has 174 valence electrons. The van der Waals surface area contributed by atoms with Crippen LogP contribution in [0.4, 0.5) is 0 Å². The van der Waals surface area contributed by atoms with Crippen molar-refractivity contribution in [2.24, 2.45) is 5.10 Å². The lowest BCUT2D eigenvalue weighted by atomic mass is 10.1. The van der Waals surface area contributed by atoms with E-state index in [0.29, 0.717) is 28.7 Å². The van der Waals surface area contributed by atoms with Crippen LogP contribution in [0.15, 0.2) is 70.1 Å². The van der Waals surface area contributed by atoms with Crippen molar-refractivity contribution < 1.29 is 14.3 Å². The summed E-state index contributed by atoms with van der Waals surface area (Å²) in [5.74, 6) is 0.935. The van der Waals surface area contributed by atoms with Crippen molar-refractivity contribution in [1.29, 1.82) is 0 Å². The molecule has 3 aromatic carbocycles. The van der Waals surface area contributed by atoms with E-state index >= 15 is 0 Å². The number of hydrogen-bond acceptors (Lipinski definition) is 7. The molecule has 0 unspecified atom stereocenters. The molecule has 0 atom stereocenters. The van der Waals surface area contributed by atoms with E-state index in [1.807, 2.05) is 55.5 Å². The molecule has 6 nitrogen and oxygen atoms in total. The van der Waals surface area contributed by atoms with Gasteiger partial charge in [-0.25, -0.2) is 10.4 Å². The van der Waals surface area contributed by atoms with E-state index in [9.17, 15) is 4.79 Å². The Balaban J connectivity index is 1.34. The van der Waals surface area contributed by atoms with E-state index in [4.69, 9.17) is 21.1 Å².